The lowest BCUT2D eigenvalue weighted by Gasteiger charge is -2.23. The summed E-state index contributed by atoms with van der Waals surface area (Å²) in [7, 11) is 0. The summed E-state index contributed by atoms with van der Waals surface area (Å²) < 4.78 is 9.99. The summed E-state index contributed by atoms with van der Waals surface area (Å²) in [4.78, 5) is 34.2. The first-order valence-electron chi connectivity index (χ1n) is 11.7. The summed E-state index contributed by atoms with van der Waals surface area (Å²) in [6.07, 6.45) is 11.0. The molecule has 1 aromatic carbocycles. The first-order chi connectivity index (χ1) is 15.3. The van der Waals surface area contributed by atoms with Crippen molar-refractivity contribution in [3.8, 4) is 5.75 Å². The predicted octanol–water partition coefficient (Wildman–Crippen LogP) is 5.83. The standard InChI is InChI=1S/C25H38O6S/c1-4-6-7-8-9-10-11-12-13-17-22(27)32-25(3,29)18-20-15-14-16-21(31-19-26)23(20)24(28)30-5-2/h14-16,19,29H,4-13,17-18H2,1-3H3. The highest BCUT2D eigenvalue weighted by Crippen LogP contribution is 2.32. The van der Waals surface area contributed by atoms with Crippen LogP contribution in [0.2, 0.25) is 0 Å². The summed E-state index contributed by atoms with van der Waals surface area (Å²) in [5.41, 5.74) is 0.546. The van der Waals surface area contributed by atoms with Crippen LogP contribution in [-0.2, 0) is 20.7 Å². The Balaban J connectivity index is 2.56. The van der Waals surface area contributed by atoms with Crippen molar-refractivity contribution in [1.29, 1.82) is 0 Å². The van der Waals surface area contributed by atoms with E-state index < -0.39 is 10.9 Å². The number of carbonyl (C=O) groups is 3. The molecule has 32 heavy (non-hydrogen) atoms. The van der Waals surface area contributed by atoms with Crippen molar-refractivity contribution < 1.29 is 29.0 Å². The van der Waals surface area contributed by atoms with Crippen molar-refractivity contribution in [2.75, 3.05) is 6.61 Å². The smallest absolute Gasteiger partial charge is 0.342 e. The zero-order chi connectivity index (χ0) is 23.8. The van der Waals surface area contributed by atoms with E-state index in [-0.39, 0.29) is 35.9 Å². The van der Waals surface area contributed by atoms with Crippen LogP contribution in [0.4, 0.5) is 0 Å². The van der Waals surface area contributed by atoms with Gasteiger partial charge in [0.05, 0.1) is 6.61 Å². The third kappa shape index (κ3) is 11.1. The van der Waals surface area contributed by atoms with Gasteiger partial charge in [-0.2, -0.15) is 0 Å². The quantitative estimate of drug-likeness (QED) is 0.134. The third-order valence-electron chi connectivity index (χ3n) is 5.10. The monoisotopic (exact) mass is 466 g/mol. The Morgan fingerprint density at radius 1 is 1.03 bits per heavy atom. The molecule has 0 spiro atoms. The third-order valence-corrected chi connectivity index (χ3v) is 6.12. The first kappa shape index (κ1) is 28.2. The molecule has 0 radical (unpaired) electrons. The van der Waals surface area contributed by atoms with Gasteiger partial charge in [0.15, 0.2) is 5.12 Å². The lowest BCUT2D eigenvalue weighted by molar-refractivity contribution is -0.120. The molecule has 1 atom stereocenters. The van der Waals surface area contributed by atoms with Crippen LogP contribution in [0.1, 0.15) is 101 Å². The molecule has 0 saturated heterocycles. The minimum atomic E-state index is -1.41. The van der Waals surface area contributed by atoms with Crippen molar-refractivity contribution in [2.45, 2.75) is 96.3 Å². The Kier molecular flexibility index (Phi) is 14.0. The van der Waals surface area contributed by atoms with Crippen LogP contribution < -0.4 is 4.74 Å². The molecule has 0 amide bonds. The Bertz CT molecular complexity index is 716. The number of benzene rings is 1. The molecule has 7 heteroatoms. The van der Waals surface area contributed by atoms with Crippen molar-refractivity contribution in [3.05, 3.63) is 29.3 Å². The molecule has 0 aromatic heterocycles. The van der Waals surface area contributed by atoms with E-state index in [2.05, 4.69) is 6.92 Å². The van der Waals surface area contributed by atoms with Gasteiger partial charge in [-0.3, -0.25) is 9.59 Å². The van der Waals surface area contributed by atoms with Crippen LogP contribution in [0.3, 0.4) is 0 Å². The highest BCUT2D eigenvalue weighted by Gasteiger charge is 2.29. The zero-order valence-electron chi connectivity index (χ0n) is 19.7. The molecule has 0 heterocycles. The van der Waals surface area contributed by atoms with E-state index in [1.165, 1.54) is 44.6 Å². The van der Waals surface area contributed by atoms with Gasteiger partial charge >= 0.3 is 5.97 Å². The second kappa shape index (κ2) is 15.9. The number of ether oxygens (including phenoxy) is 2. The Morgan fingerprint density at radius 3 is 2.25 bits per heavy atom. The van der Waals surface area contributed by atoms with Gasteiger partial charge in [-0.25, -0.2) is 4.79 Å². The fourth-order valence-electron chi connectivity index (χ4n) is 3.57. The summed E-state index contributed by atoms with van der Waals surface area (Å²) in [5, 5.41) is 10.7. The van der Waals surface area contributed by atoms with Gasteiger partial charge in [-0.15, -0.1) is 0 Å². The van der Waals surface area contributed by atoms with Crippen molar-refractivity contribution in [3.63, 3.8) is 0 Å². The highest BCUT2D eigenvalue weighted by atomic mass is 32.2. The molecule has 1 N–H and O–H groups in total. The van der Waals surface area contributed by atoms with Gasteiger partial charge in [0.1, 0.15) is 16.2 Å². The Morgan fingerprint density at radius 2 is 1.66 bits per heavy atom. The molecule has 1 unspecified atom stereocenters. The van der Waals surface area contributed by atoms with E-state index in [1.807, 2.05) is 0 Å². The molecule has 180 valence electrons. The van der Waals surface area contributed by atoms with Gasteiger partial charge in [0.25, 0.3) is 6.47 Å². The van der Waals surface area contributed by atoms with Crippen molar-refractivity contribution in [1.82, 2.24) is 0 Å². The Labute approximate surface area is 196 Å². The molecule has 6 nitrogen and oxygen atoms in total. The number of hydrogen-bond donors (Lipinski definition) is 1. The first-order valence-corrected chi connectivity index (χ1v) is 12.5. The fraction of sp³-hybridized carbons (Fsp3) is 0.640. The second-order valence-corrected chi connectivity index (χ2v) is 9.67. The summed E-state index contributed by atoms with van der Waals surface area (Å²) in [5.74, 6) is -0.570. The topological polar surface area (TPSA) is 89.9 Å². The maximum Gasteiger partial charge on any atom is 0.342 e. The van der Waals surface area contributed by atoms with E-state index in [0.29, 0.717) is 12.0 Å². The van der Waals surface area contributed by atoms with Crippen LogP contribution in [-0.4, -0.2) is 34.2 Å². The lowest BCUT2D eigenvalue weighted by atomic mass is 10.0. The van der Waals surface area contributed by atoms with E-state index in [4.69, 9.17) is 9.47 Å². The number of carbonyl (C=O) groups excluding carboxylic acids is 3. The number of aliphatic hydroxyl groups is 1. The van der Waals surface area contributed by atoms with Gasteiger partial charge in [-0.1, -0.05) is 82.2 Å². The fourth-order valence-corrected chi connectivity index (χ4v) is 4.54. The maximum atomic E-state index is 12.4. The summed E-state index contributed by atoms with van der Waals surface area (Å²) in [6, 6.07) is 4.77. The van der Waals surface area contributed by atoms with E-state index in [1.54, 1.807) is 26.0 Å². The molecule has 1 rings (SSSR count). The van der Waals surface area contributed by atoms with Gasteiger partial charge < -0.3 is 14.6 Å². The number of esters is 1. The average Bonchev–Trinajstić information content (AvgIpc) is 2.72. The SMILES string of the molecule is CCCCCCCCCCCC(=O)SC(C)(O)Cc1cccc(OC=O)c1C(=O)OCC. The number of rotatable bonds is 17. The van der Waals surface area contributed by atoms with Crippen LogP contribution in [0.15, 0.2) is 18.2 Å². The molecule has 0 aliphatic rings. The van der Waals surface area contributed by atoms with Crippen LogP contribution in [0.25, 0.3) is 0 Å². The van der Waals surface area contributed by atoms with Gasteiger partial charge in [0, 0.05) is 12.8 Å². The number of thioether (sulfide) groups is 1. The molecule has 0 aliphatic carbocycles. The van der Waals surface area contributed by atoms with Gasteiger partial charge in [-0.05, 0) is 31.9 Å². The van der Waals surface area contributed by atoms with Gasteiger partial charge in [0.2, 0.25) is 0 Å². The summed E-state index contributed by atoms with van der Waals surface area (Å²) in [6.45, 7) is 5.84. The minimum Gasteiger partial charge on any atom is -0.462 e. The predicted molar refractivity (Wildman–Crippen MR) is 128 cm³/mol. The van der Waals surface area contributed by atoms with Crippen LogP contribution >= 0.6 is 11.8 Å². The molecule has 0 aliphatic heterocycles. The molecular weight excluding hydrogens is 428 g/mol. The van der Waals surface area contributed by atoms with E-state index >= 15 is 0 Å². The van der Waals surface area contributed by atoms with Crippen molar-refractivity contribution >= 4 is 29.3 Å². The number of hydrogen-bond acceptors (Lipinski definition) is 7. The molecule has 0 bridgehead atoms. The highest BCUT2D eigenvalue weighted by molar-refractivity contribution is 8.14. The number of unbranched alkanes of at least 4 members (excludes halogenated alkanes) is 8. The molecule has 0 fully saturated rings. The minimum absolute atomic E-state index is 0.0331. The largest absolute Gasteiger partial charge is 0.462 e. The summed E-state index contributed by atoms with van der Waals surface area (Å²) >= 11 is 0.881. The Hall–Kier alpha value is -1.86. The normalized spacial score (nSPS) is 12.8. The average molecular weight is 467 g/mol. The second-order valence-electron chi connectivity index (χ2n) is 8.13. The lowest BCUT2D eigenvalue weighted by Crippen LogP contribution is -2.26. The zero-order valence-corrected chi connectivity index (χ0v) is 20.5. The maximum absolute atomic E-state index is 12.4. The van der Waals surface area contributed by atoms with E-state index in [9.17, 15) is 19.5 Å². The molecule has 1 aromatic rings. The molecule has 0 saturated carbocycles. The molecular formula is C25H38O6S. The van der Waals surface area contributed by atoms with Crippen LogP contribution in [0.5, 0.6) is 5.75 Å². The van der Waals surface area contributed by atoms with Crippen molar-refractivity contribution in [2.24, 2.45) is 0 Å². The van der Waals surface area contributed by atoms with E-state index in [0.717, 1.165) is 31.0 Å². The van der Waals surface area contributed by atoms with Crippen LogP contribution in [0, 0.1) is 0 Å².